The summed E-state index contributed by atoms with van der Waals surface area (Å²) >= 11 is 0. The zero-order valence-corrected chi connectivity index (χ0v) is 14.7. The second kappa shape index (κ2) is 8.47. The van der Waals surface area contributed by atoms with Crippen LogP contribution in [0.25, 0.3) is 17.1 Å². The van der Waals surface area contributed by atoms with Gasteiger partial charge < -0.3 is 9.73 Å². The van der Waals surface area contributed by atoms with Gasteiger partial charge in [0.25, 0.3) is 5.91 Å². The molecule has 1 N–H and O–H groups in total. The minimum Gasteiger partial charge on any atom is -0.463 e. The van der Waals surface area contributed by atoms with E-state index in [9.17, 15) is 9.18 Å². The lowest BCUT2D eigenvalue weighted by Gasteiger charge is -2.08. The van der Waals surface area contributed by atoms with Gasteiger partial charge in [0, 0.05) is 12.6 Å². The van der Waals surface area contributed by atoms with Crippen molar-refractivity contribution in [2.75, 3.05) is 6.54 Å². The van der Waals surface area contributed by atoms with Crippen LogP contribution in [0.15, 0.2) is 53.1 Å². The van der Waals surface area contributed by atoms with Gasteiger partial charge in [-0.3, -0.25) is 4.79 Å². The Balaban J connectivity index is 1.84. The molecule has 0 aliphatic rings. The Morgan fingerprint density at radius 3 is 2.69 bits per heavy atom. The van der Waals surface area contributed by atoms with Crippen molar-refractivity contribution in [3.8, 4) is 17.1 Å². The van der Waals surface area contributed by atoms with Gasteiger partial charge in [0.15, 0.2) is 5.76 Å². The summed E-state index contributed by atoms with van der Waals surface area (Å²) in [6.45, 7) is 2.76. The van der Waals surface area contributed by atoms with Gasteiger partial charge in [-0.05, 0) is 42.8 Å². The lowest BCUT2D eigenvalue weighted by molar-refractivity contribution is 0.0945. The van der Waals surface area contributed by atoms with Crippen molar-refractivity contribution in [3.05, 3.63) is 60.2 Å². The molecule has 0 unspecified atom stereocenters. The van der Waals surface area contributed by atoms with Gasteiger partial charge in [-0.1, -0.05) is 26.2 Å². The largest absolute Gasteiger partial charge is 0.463 e. The smallest absolute Gasteiger partial charge is 0.270 e. The summed E-state index contributed by atoms with van der Waals surface area (Å²) in [6.07, 6.45) is 5.89. The van der Waals surface area contributed by atoms with E-state index in [1.54, 1.807) is 36.6 Å². The number of hydrogen-bond donors (Lipinski definition) is 1. The lowest BCUT2D eigenvalue weighted by atomic mass is 10.2. The topological polar surface area (TPSA) is 60.1 Å². The molecule has 26 heavy (non-hydrogen) atoms. The monoisotopic (exact) mass is 355 g/mol. The minimum absolute atomic E-state index is 0.212. The van der Waals surface area contributed by atoms with Crippen molar-refractivity contribution < 1.29 is 13.6 Å². The number of carbonyl (C=O) groups is 1. The third-order valence-electron chi connectivity index (χ3n) is 4.10. The Hall–Kier alpha value is -2.89. The molecule has 136 valence electrons. The first-order valence-corrected chi connectivity index (χ1v) is 8.87. The molecule has 1 aromatic carbocycles. The molecule has 0 radical (unpaired) electrons. The minimum atomic E-state index is -0.339. The fraction of sp³-hybridized carbons (Fsp3) is 0.300. The fourth-order valence-electron chi connectivity index (χ4n) is 2.71. The number of rotatable bonds is 8. The highest BCUT2D eigenvalue weighted by Crippen LogP contribution is 2.22. The summed E-state index contributed by atoms with van der Waals surface area (Å²) in [5, 5.41) is 7.40. The molecule has 3 aromatic rings. The van der Waals surface area contributed by atoms with E-state index in [2.05, 4.69) is 17.3 Å². The Bertz CT molecular complexity index is 839. The summed E-state index contributed by atoms with van der Waals surface area (Å²) in [5.74, 6) is 0.0214. The van der Waals surface area contributed by atoms with Crippen LogP contribution in [0, 0.1) is 5.82 Å². The summed E-state index contributed by atoms with van der Waals surface area (Å²) in [6, 6.07) is 11.1. The van der Waals surface area contributed by atoms with E-state index in [1.807, 2.05) is 0 Å². The average molecular weight is 355 g/mol. The number of carbonyl (C=O) groups excluding carboxylic acids is 1. The maximum absolute atomic E-state index is 13.2. The molecular formula is C20H22FN3O2. The van der Waals surface area contributed by atoms with Crippen molar-refractivity contribution in [1.82, 2.24) is 15.1 Å². The maximum Gasteiger partial charge on any atom is 0.270 e. The van der Waals surface area contributed by atoms with Crippen LogP contribution in [0.4, 0.5) is 4.39 Å². The van der Waals surface area contributed by atoms with Crippen LogP contribution in [0.3, 0.4) is 0 Å². The highest BCUT2D eigenvalue weighted by Gasteiger charge is 2.18. The summed E-state index contributed by atoms with van der Waals surface area (Å²) in [7, 11) is 0. The summed E-state index contributed by atoms with van der Waals surface area (Å²) in [5.41, 5.74) is 1.55. The number of benzene rings is 1. The fourth-order valence-corrected chi connectivity index (χ4v) is 2.71. The molecule has 0 fully saturated rings. The lowest BCUT2D eigenvalue weighted by Crippen LogP contribution is -2.26. The van der Waals surface area contributed by atoms with Gasteiger partial charge in [-0.25, -0.2) is 9.07 Å². The predicted octanol–water partition coefficient (Wildman–Crippen LogP) is 4.58. The van der Waals surface area contributed by atoms with Crippen LogP contribution in [0.1, 0.15) is 43.1 Å². The Morgan fingerprint density at radius 2 is 2.00 bits per heavy atom. The van der Waals surface area contributed by atoms with Gasteiger partial charge in [-0.2, -0.15) is 5.10 Å². The molecule has 5 nitrogen and oxygen atoms in total. The number of nitrogens with one attached hydrogen (secondary N) is 1. The van der Waals surface area contributed by atoms with E-state index in [0.29, 0.717) is 29.4 Å². The number of aromatic nitrogens is 2. The van der Waals surface area contributed by atoms with E-state index in [-0.39, 0.29) is 11.7 Å². The third kappa shape index (κ3) is 4.20. The van der Waals surface area contributed by atoms with Gasteiger partial charge >= 0.3 is 0 Å². The zero-order chi connectivity index (χ0) is 18.4. The molecule has 2 aromatic heterocycles. The number of halogens is 1. The molecule has 0 spiro atoms. The zero-order valence-electron chi connectivity index (χ0n) is 14.7. The van der Waals surface area contributed by atoms with Crippen molar-refractivity contribution >= 4 is 5.91 Å². The first kappa shape index (κ1) is 17.9. The Morgan fingerprint density at radius 1 is 1.19 bits per heavy atom. The number of nitrogens with zero attached hydrogens (tertiary/aromatic N) is 2. The molecule has 0 bridgehead atoms. The molecular weight excluding hydrogens is 333 g/mol. The predicted molar refractivity (Wildman–Crippen MR) is 97.7 cm³/mol. The van der Waals surface area contributed by atoms with Crippen LogP contribution in [0.2, 0.25) is 0 Å². The first-order chi connectivity index (χ1) is 12.7. The Labute approximate surface area is 151 Å². The van der Waals surface area contributed by atoms with E-state index < -0.39 is 0 Å². The maximum atomic E-state index is 13.2. The van der Waals surface area contributed by atoms with Crippen LogP contribution in [-0.4, -0.2) is 22.2 Å². The van der Waals surface area contributed by atoms with E-state index in [0.717, 1.165) is 25.7 Å². The quantitative estimate of drug-likeness (QED) is 0.602. The van der Waals surface area contributed by atoms with E-state index in [1.165, 1.54) is 16.8 Å². The second-order valence-corrected chi connectivity index (χ2v) is 6.10. The highest BCUT2D eigenvalue weighted by molar-refractivity contribution is 5.94. The van der Waals surface area contributed by atoms with Gasteiger partial charge in [0.1, 0.15) is 17.2 Å². The van der Waals surface area contributed by atoms with Crippen LogP contribution in [-0.2, 0) is 0 Å². The molecule has 0 saturated heterocycles. The standard InChI is InChI=1S/C20H22FN3O2/c1-2-3-4-5-12-22-20(25)18-14-17(19-7-6-13-26-19)23-24(18)16-10-8-15(21)9-11-16/h6-11,13-14H,2-5,12H2,1H3,(H,22,25). The van der Waals surface area contributed by atoms with Crippen molar-refractivity contribution in [2.45, 2.75) is 32.6 Å². The van der Waals surface area contributed by atoms with Crippen LogP contribution in [0.5, 0.6) is 0 Å². The van der Waals surface area contributed by atoms with Crippen molar-refractivity contribution in [1.29, 1.82) is 0 Å². The molecule has 3 rings (SSSR count). The second-order valence-electron chi connectivity index (χ2n) is 6.10. The van der Waals surface area contributed by atoms with Gasteiger partial charge in [0.2, 0.25) is 0 Å². The molecule has 6 heteroatoms. The number of amides is 1. The van der Waals surface area contributed by atoms with Gasteiger partial charge in [0.05, 0.1) is 12.0 Å². The highest BCUT2D eigenvalue weighted by atomic mass is 19.1. The number of hydrogen-bond acceptors (Lipinski definition) is 3. The summed E-state index contributed by atoms with van der Waals surface area (Å²) in [4.78, 5) is 12.6. The van der Waals surface area contributed by atoms with E-state index in [4.69, 9.17) is 4.42 Å². The molecule has 0 aliphatic carbocycles. The van der Waals surface area contributed by atoms with E-state index >= 15 is 0 Å². The SMILES string of the molecule is CCCCCCNC(=O)c1cc(-c2ccco2)nn1-c1ccc(F)cc1. The normalized spacial score (nSPS) is 10.8. The number of furan rings is 1. The summed E-state index contributed by atoms with van der Waals surface area (Å²) < 4.78 is 20.1. The van der Waals surface area contributed by atoms with Crippen molar-refractivity contribution in [3.63, 3.8) is 0 Å². The first-order valence-electron chi connectivity index (χ1n) is 8.87. The van der Waals surface area contributed by atoms with Crippen LogP contribution < -0.4 is 5.32 Å². The molecule has 0 saturated carbocycles. The van der Waals surface area contributed by atoms with Crippen LogP contribution >= 0.6 is 0 Å². The number of unbranched alkanes of at least 4 members (excludes halogenated alkanes) is 3. The molecule has 0 atom stereocenters. The average Bonchev–Trinajstić information content (AvgIpc) is 3.31. The van der Waals surface area contributed by atoms with Crippen molar-refractivity contribution in [2.24, 2.45) is 0 Å². The third-order valence-corrected chi connectivity index (χ3v) is 4.10. The Kier molecular flexibility index (Phi) is 5.84. The molecule has 0 aliphatic heterocycles. The van der Waals surface area contributed by atoms with Gasteiger partial charge in [-0.15, -0.1) is 0 Å². The molecule has 2 heterocycles. The molecule has 1 amide bonds.